The lowest BCUT2D eigenvalue weighted by atomic mass is 9.81. The Bertz CT molecular complexity index is 529. The van der Waals surface area contributed by atoms with Gasteiger partial charge in [0, 0.05) is 24.4 Å². The average Bonchev–Trinajstić information content (AvgIpc) is 2.56. The molecule has 2 aliphatic heterocycles. The van der Waals surface area contributed by atoms with Crippen LogP contribution in [-0.2, 0) is 0 Å². The van der Waals surface area contributed by atoms with Crippen molar-refractivity contribution in [1.82, 2.24) is 5.32 Å². The fourth-order valence-corrected chi connectivity index (χ4v) is 4.59. The average molecular weight is 331 g/mol. The first-order valence-corrected chi connectivity index (χ1v) is 9.60. The Morgan fingerprint density at radius 2 is 1.83 bits per heavy atom. The van der Waals surface area contributed by atoms with E-state index in [0.717, 1.165) is 36.2 Å². The maximum atomic E-state index is 12.6. The summed E-state index contributed by atoms with van der Waals surface area (Å²) in [5.41, 5.74) is 0.729. The SMILES string of the molecule is CCC[NH+]1[C@@H]2CCC[C@H]1CC(NC(=O)c1ccc(OCC)cc1)C2. The number of fused-ring (bicyclic) bond motifs is 2. The fourth-order valence-electron chi connectivity index (χ4n) is 4.59. The molecule has 132 valence electrons. The van der Waals surface area contributed by atoms with Crippen LogP contribution in [0.15, 0.2) is 24.3 Å². The molecular formula is C20H31N2O2+. The van der Waals surface area contributed by atoms with Crippen LogP contribution in [0, 0.1) is 0 Å². The zero-order chi connectivity index (χ0) is 16.9. The molecular weight excluding hydrogens is 300 g/mol. The highest BCUT2D eigenvalue weighted by atomic mass is 16.5. The van der Waals surface area contributed by atoms with E-state index in [1.54, 1.807) is 4.90 Å². The van der Waals surface area contributed by atoms with Gasteiger partial charge in [0.25, 0.3) is 5.91 Å². The fraction of sp³-hybridized carbons (Fsp3) is 0.650. The van der Waals surface area contributed by atoms with Gasteiger partial charge in [-0.15, -0.1) is 0 Å². The molecule has 2 N–H and O–H groups in total. The largest absolute Gasteiger partial charge is 0.494 e. The van der Waals surface area contributed by atoms with Gasteiger partial charge in [-0.05, 0) is 56.9 Å². The maximum absolute atomic E-state index is 12.6. The third kappa shape index (κ3) is 3.92. The van der Waals surface area contributed by atoms with Crippen molar-refractivity contribution in [2.75, 3.05) is 13.2 Å². The molecule has 4 atom stereocenters. The van der Waals surface area contributed by atoms with Crippen molar-refractivity contribution in [1.29, 1.82) is 0 Å². The highest BCUT2D eigenvalue weighted by molar-refractivity contribution is 5.94. The Morgan fingerprint density at radius 1 is 1.17 bits per heavy atom. The number of hydrogen-bond donors (Lipinski definition) is 2. The van der Waals surface area contributed by atoms with E-state index in [0.29, 0.717) is 12.6 Å². The number of nitrogens with one attached hydrogen (secondary N) is 2. The zero-order valence-electron chi connectivity index (χ0n) is 15.0. The van der Waals surface area contributed by atoms with Crippen LogP contribution in [0.2, 0.25) is 0 Å². The summed E-state index contributed by atoms with van der Waals surface area (Å²) < 4.78 is 5.44. The number of rotatable bonds is 6. The van der Waals surface area contributed by atoms with Crippen molar-refractivity contribution in [3.63, 3.8) is 0 Å². The van der Waals surface area contributed by atoms with Gasteiger partial charge in [0.05, 0.1) is 25.2 Å². The number of benzene rings is 1. The third-order valence-corrected chi connectivity index (χ3v) is 5.59. The zero-order valence-corrected chi connectivity index (χ0v) is 15.0. The predicted molar refractivity (Wildman–Crippen MR) is 95.6 cm³/mol. The van der Waals surface area contributed by atoms with Crippen LogP contribution in [0.3, 0.4) is 0 Å². The number of piperidine rings is 2. The second kappa shape index (κ2) is 8.02. The molecule has 2 fully saturated rings. The van der Waals surface area contributed by atoms with E-state index in [1.807, 2.05) is 31.2 Å². The standard InChI is InChI=1S/C20H30N2O2/c1-3-12-22-17-6-5-7-18(22)14-16(13-17)21-20(23)15-8-10-19(11-9-15)24-4-2/h8-11,16-18H,3-7,12-14H2,1-2H3,(H,21,23)/p+1/t16?,17-,18+. The number of amides is 1. The summed E-state index contributed by atoms with van der Waals surface area (Å²) in [5.74, 6) is 0.875. The second-order valence-corrected chi connectivity index (χ2v) is 7.25. The number of carbonyl (C=O) groups is 1. The van der Waals surface area contributed by atoms with Crippen molar-refractivity contribution < 1.29 is 14.4 Å². The molecule has 2 bridgehead atoms. The van der Waals surface area contributed by atoms with Crippen LogP contribution in [0.4, 0.5) is 0 Å². The van der Waals surface area contributed by atoms with Crippen molar-refractivity contribution >= 4 is 5.91 Å². The van der Waals surface area contributed by atoms with Gasteiger partial charge in [-0.2, -0.15) is 0 Å². The van der Waals surface area contributed by atoms with Crippen molar-refractivity contribution in [2.45, 2.75) is 70.5 Å². The van der Waals surface area contributed by atoms with Gasteiger partial charge in [-0.3, -0.25) is 4.79 Å². The van der Waals surface area contributed by atoms with E-state index in [-0.39, 0.29) is 5.91 Å². The van der Waals surface area contributed by atoms with Crippen LogP contribution >= 0.6 is 0 Å². The van der Waals surface area contributed by atoms with E-state index in [4.69, 9.17) is 4.74 Å². The first kappa shape index (κ1) is 17.3. The van der Waals surface area contributed by atoms with Gasteiger partial charge in [0.2, 0.25) is 0 Å². The molecule has 1 aromatic rings. The summed E-state index contributed by atoms with van der Waals surface area (Å²) in [7, 11) is 0. The van der Waals surface area contributed by atoms with Gasteiger partial charge >= 0.3 is 0 Å². The van der Waals surface area contributed by atoms with Gasteiger partial charge in [0.1, 0.15) is 5.75 Å². The molecule has 2 aliphatic rings. The summed E-state index contributed by atoms with van der Waals surface area (Å²) in [5, 5.41) is 3.28. The molecule has 4 nitrogen and oxygen atoms in total. The highest BCUT2D eigenvalue weighted by Crippen LogP contribution is 2.22. The van der Waals surface area contributed by atoms with Gasteiger partial charge in [-0.25, -0.2) is 0 Å². The number of carbonyl (C=O) groups excluding carboxylic acids is 1. The second-order valence-electron chi connectivity index (χ2n) is 7.25. The first-order valence-electron chi connectivity index (χ1n) is 9.60. The van der Waals surface area contributed by atoms with Crippen molar-refractivity contribution in [3.8, 4) is 5.75 Å². The quantitative estimate of drug-likeness (QED) is 0.839. The molecule has 1 aromatic carbocycles. The molecule has 2 unspecified atom stereocenters. The lowest BCUT2D eigenvalue weighted by molar-refractivity contribution is -0.961. The summed E-state index contributed by atoms with van der Waals surface area (Å²) >= 11 is 0. The molecule has 1 amide bonds. The molecule has 0 radical (unpaired) electrons. The Kier molecular flexibility index (Phi) is 5.77. The van der Waals surface area contributed by atoms with E-state index < -0.39 is 0 Å². The van der Waals surface area contributed by atoms with E-state index in [1.165, 1.54) is 32.2 Å². The monoisotopic (exact) mass is 331 g/mol. The molecule has 0 aliphatic carbocycles. The summed E-state index contributed by atoms with van der Waals surface area (Å²) in [6, 6.07) is 9.28. The molecule has 4 heteroatoms. The normalized spacial score (nSPS) is 29.1. The predicted octanol–water partition coefficient (Wildman–Crippen LogP) is 2.19. The van der Waals surface area contributed by atoms with Crippen LogP contribution in [0.5, 0.6) is 5.75 Å². The third-order valence-electron chi connectivity index (χ3n) is 5.59. The minimum atomic E-state index is 0.0556. The summed E-state index contributed by atoms with van der Waals surface area (Å²) in [6.45, 7) is 6.18. The Morgan fingerprint density at radius 3 is 2.42 bits per heavy atom. The number of quaternary nitrogens is 1. The van der Waals surface area contributed by atoms with Gasteiger partial charge in [-0.1, -0.05) is 6.92 Å². The number of ether oxygens (including phenoxy) is 1. The minimum absolute atomic E-state index is 0.0556. The molecule has 3 rings (SSSR count). The van der Waals surface area contributed by atoms with E-state index >= 15 is 0 Å². The minimum Gasteiger partial charge on any atom is -0.494 e. The molecule has 0 spiro atoms. The van der Waals surface area contributed by atoms with Crippen LogP contribution < -0.4 is 15.0 Å². The Balaban J connectivity index is 1.59. The van der Waals surface area contributed by atoms with Gasteiger partial charge in [0.15, 0.2) is 0 Å². The lowest BCUT2D eigenvalue weighted by Gasteiger charge is -2.46. The van der Waals surface area contributed by atoms with E-state index in [9.17, 15) is 4.79 Å². The summed E-state index contributed by atoms with van der Waals surface area (Å²) in [6.07, 6.45) is 7.53. The Labute approximate surface area is 145 Å². The number of hydrogen-bond acceptors (Lipinski definition) is 2. The molecule has 0 saturated carbocycles. The molecule has 0 aromatic heterocycles. The van der Waals surface area contributed by atoms with E-state index in [2.05, 4.69) is 12.2 Å². The highest BCUT2D eigenvalue weighted by Gasteiger charge is 2.41. The smallest absolute Gasteiger partial charge is 0.251 e. The molecule has 24 heavy (non-hydrogen) atoms. The lowest BCUT2D eigenvalue weighted by Crippen LogP contribution is -3.21. The molecule has 2 saturated heterocycles. The van der Waals surface area contributed by atoms with Crippen LogP contribution in [-0.4, -0.2) is 37.2 Å². The summed E-state index contributed by atoms with van der Waals surface area (Å²) in [4.78, 5) is 14.4. The first-order chi connectivity index (χ1) is 11.7. The van der Waals surface area contributed by atoms with Crippen LogP contribution in [0.25, 0.3) is 0 Å². The van der Waals surface area contributed by atoms with Gasteiger partial charge < -0.3 is 15.0 Å². The van der Waals surface area contributed by atoms with Crippen LogP contribution in [0.1, 0.15) is 62.7 Å². The topological polar surface area (TPSA) is 42.8 Å². The van der Waals surface area contributed by atoms with Crippen molar-refractivity contribution in [3.05, 3.63) is 29.8 Å². The van der Waals surface area contributed by atoms with Crippen molar-refractivity contribution in [2.24, 2.45) is 0 Å². The maximum Gasteiger partial charge on any atom is 0.251 e. The molecule has 2 heterocycles. The Hall–Kier alpha value is -1.55.